The summed E-state index contributed by atoms with van der Waals surface area (Å²) in [5.74, 6) is 0.592. The Bertz CT molecular complexity index is 729. The molecule has 0 spiro atoms. The van der Waals surface area contributed by atoms with Crippen molar-refractivity contribution in [2.24, 2.45) is 0 Å². The molecular formula is C17H19N3. The second-order valence-corrected chi connectivity index (χ2v) is 5.37. The molecule has 3 heteroatoms. The average molecular weight is 265 g/mol. The number of nitrogen functional groups attached to an aromatic ring is 1. The maximum atomic E-state index is 6.11. The average Bonchev–Trinajstić information content (AvgIpc) is 2.75. The zero-order valence-electron chi connectivity index (χ0n) is 11.9. The van der Waals surface area contributed by atoms with Crippen molar-refractivity contribution in [2.45, 2.75) is 26.3 Å². The highest BCUT2D eigenvalue weighted by Crippen LogP contribution is 2.25. The molecular weight excluding hydrogens is 246 g/mol. The number of hydrogen-bond donors (Lipinski definition) is 1. The molecule has 0 saturated carbocycles. The number of anilines is 1. The number of aryl methyl sites for hydroxylation is 1. The van der Waals surface area contributed by atoms with E-state index in [1.165, 1.54) is 11.1 Å². The number of rotatable bonds is 3. The van der Waals surface area contributed by atoms with Crippen LogP contribution in [0.15, 0.2) is 48.5 Å². The SMILES string of the molecule is Cc1ccc2nc(N)n(C(C)Cc3ccccc3)c2c1. The topological polar surface area (TPSA) is 43.8 Å². The number of aromatic nitrogens is 2. The molecule has 1 unspecified atom stereocenters. The Morgan fingerprint density at radius 2 is 1.90 bits per heavy atom. The van der Waals surface area contributed by atoms with Crippen molar-refractivity contribution in [3.63, 3.8) is 0 Å². The standard InChI is InChI=1S/C17H19N3/c1-12-8-9-15-16(10-12)20(17(18)19-15)13(2)11-14-6-4-3-5-7-14/h3-10,13H,11H2,1-2H3,(H2,18,19). The van der Waals surface area contributed by atoms with Crippen LogP contribution in [0.4, 0.5) is 5.95 Å². The molecule has 2 N–H and O–H groups in total. The summed E-state index contributed by atoms with van der Waals surface area (Å²) in [5.41, 5.74) is 10.7. The van der Waals surface area contributed by atoms with Gasteiger partial charge in [-0.1, -0.05) is 36.4 Å². The highest BCUT2D eigenvalue weighted by atomic mass is 15.2. The third kappa shape index (κ3) is 2.27. The molecule has 0 aliphatic carbocycles. The van der Waals surface area contributed by atoms with Crippen LogP contribution in [-0.4, -0.2) is 9.55 Å². The first-order valence-corrected chi connectivity index (χ1v) is 6.93. The first-order valence-electron chi connectivity index (χ1n) is 6.93. The summed E-state index contributed by atoms with van der Waals surface area (Å²) < 4.78 is 2.13. The molecule has 2 aromatic carbocycles. The van der Waals surface area contributed by atoms with Crippen LogP contribution in [0.5, 0.6) is 0 Å². The lowest BCUT2D eigenvalue weighted by Gasteiger charge is -2.16. The number of benzene rings is 2. The summed E-state index contributed by atoms with van der Waals surface area (Å²) in [6.07, 6.45) is 0.949. The second-order valence-electron chi connectivity index (χ2n) is 5.37. The smallest absolute Gasteiger partial charge is 0.201 e. The van der Waals surface area contributed by atoms with Gasteiger partial charge in [0.1, 0.15) is 0 Å². The van der Waals surface area contributed by atoms with Crippen LogP contribution in [-0.2, 0) is 6.42 Å². The lowest BCUT2D eigenvalue weighted by atomic mass is 10.1. The molecule has 0 amide bonds. The molecule has 3 rings (SSSR count). The first kappa shape index (κ1) is 12.7. The van der Waals surface area contributed by atoms with Gasteiger partial charge in [-0.25, -0.2) is 4.98 Å². The molecule has 3 nitrogen and oxygen atoms in total. The van der Waals surface area contributed by atoms with Gasteiger partial charge < -0.3 is 10.3 Å². The van der Waals surface area contributed by atoms with Crippen molar-refractivity contribution in [3.8, 4) is 0 Å². The van der Waals surface area contributed by atoms with Crippen LogP contribution in [0.25, 0.3) is 11.0 Å². The second kappa shape index (κ2) is 5.00. The summed E-state index contributed by atoms with van der Waals surface area (Å²) in [7, 11) is 0. The van der Waals surface area contributed by atoms with E-state index >= 15 is 0 Å². The van der Waals surface area contributed by atoms with Gasteiger partial charge in [-0.3, -0.25) is 0 Å². The molecule has 1 atom stereocenters. The predicted octanol–water partition coefficient (Wildman–Crippen LogP) is 3.73. The van der Waals surface area contributed by atoms with E-state index in [1.54, 1.807) is 0 Å². The van der Waals surface area contributed by atoms with Gasteiger partial charge >= 0.3 is 0 Å². The van der Waals surface area contributed by atoms with E-state index in [4.69, 9.17) is 5.73 Å². The normalized spacial score (nSPS) is 12.7. The Labute approximate surface area is 119 Å². The van der Waals surface area contributed by atoms with Crippen molar-refractivity contribution in [1.82, 2.24) is 9.55 Å². The lowest BCUT2D eigenvalue weighted by Crippen LogP contribution is -2.11. The van der Waals surface area contributed by atoms with Crippen molar-refractivity contribution >= 4 is 17.0 Å². The first-order chi connectivity index (χ1) is 9.65. The van der Waals surface area contributed by atoms with Crippen molar-refractivity contribution in [3.05, 3.63) is 59.7 Å². The zero-order chi connectivity index (χ0) is 14.1. The fraction of sp³-hybridized carbons (Fsp3) is 0.235. The fourth-order valence-electron chi connectivity index (χ4n) is 2.73. The molecule has 0 aliphatic heterocycles. The van der Waals surface area contributed by atoms with Gasteiger partial charge in [0.25, 0.3) is 0 Å². The molecule has 102 valence electrons. The highest BCUT2D eigenvalue weighted by molar-refractivity contribution is 5.79. The molecule has 0 saturated heterocycles. The summed E-state index contributed by atoms with van der Waals surface area (Å²) in [4.78, 5) is 4.46. The van der Waals surface area contributed by atoms with Gasteiger partial charge in [0, 0.05) is 6.04 Å². The summed E-state index contributed by atoms with van der Waals surface area (Å²) >= 11 is 0. The molecule has 1 heterocycles. The largest absolute Gasteiger partial charge is 0.369 e. The minimum Gasteiger partial charge on any atom is -0.369 e. The van der Waals surface area contributed by atoms with Crippen LogP contribution in [0.3, 0.4) is 0 Å². The summed E-state index contributed by atoms with van der Waals surface area (Å²) in [5, 5.41) is 0. The number of nitrogens with two attached hydrogens (primary N) is 1. The maximum Gasteiger partial charge on any atom is 0.201 e. The molecule has 0 fully saturated rings. The van der Waals surface area contributed by atoms with Crippen LogP contribution in [0.1, 0.15) is 24.1 Å². The number of imidazole rings is 1. The van der Waals surface area contributed by atoms with Gasteiger partial charge in [-0.2, -0.15) is 0 Å². The van der Waals surface area contributed by atoms with Gasteiger partial charge in [0.15, 0.2) is 0 Å². The minimum absolute atomic E-state index is 0.282. The maximum absolute atomic E-state index is 6.11. The minimum atomic E-state index is 0.282. The number of hydrogen-bond acceptors (Lipinski definition) is 2. The highest BCUT2D eigenvalue weighted by Gasteiger charge is 2.14. The fourth-order valence-corrected chi connectivity index (χ4v) is 2.73. The van der Waals surface area contributed by atoms with Crippen molar-refractivity contribution < 1.29 is 0 Å². The number of nitrogens with zero attached hydrogens (tertiary/aromatic N) is 2. The third-order valence-electron chi connectivity index (χ3n) is 3.69. The van der Waals surface area contributed by atoms with E-state index in [2.05, 4.69) is 59.8 Å². The molecule has 0 radical (unpaired) electrons. The molecule has 3 aromatic rings. The van der Waals surface area contributed by atoms with Crippen LogP contribution in [0, 0.1) is 6.92 Å². The summed E-state index contributed by atoms with van der Waals surface area (Å²) in [6, 6.07) is 17.0. The molecule has 20 heavy (non-hydrogen) atoms. The monoisotopic (exact) mass is 265 g/mol. The Kier molecular flexibility index (Phi) is 3.18. The van der Waals surface area contributed by atoms with E-state index in [0.717, 1.165) is 17.5 Å². The Morgan fingerprint density at radius 1 is 1.15 bits per heavy atom. The van der Waals surface area contributed by atoms with Crippen LogP contribution < -0.4 is 5.73 Å². The Morgan fingerprint density at radius 3 is 2.65 bits per heavy atom. The Hall–Kier alpha value is -2.29. The quantitative estimate of drug-likeness (QED) is 0.784. The van der Waals surface area contributed by atoms with Crippen LogP contribution >= 0.6 is 0 Å². The Balaban J connectivity index is 2.00. The van der Waals surface area contributed by atoms with Crippen molar-refractivity contribution in [2.75, 3.05) is 5.73 Å². The predicted molar refractivity (Wildman–Crippen MR) is 83.7 cm³/mol. The third-order valence-corrected chi connectivity index (χ3v) is 3.69. The molecule has 1 aromatic heterocycles. The number of fused-ring (bicyclic) bond motifs is 1. The lowest BCUT2D eigenvalue weighted by molar-refractivity contribution is 0.566. The van der Waals surface area contributed by atoms with Gasteiger partial charge in [-0.15, -0.1) is 0 Å². The van der Waals surface area contributed by atoms with E-state index in [-0.39, 0.29) is 6.04 Å². The van der Waals surface area contributed by atoms with Gasteiger partial charge in [0.2, 0.25) is 5.95 Å². The zero-order valence-corrected chi connectivity index (χ0v) is 11.9. The van der Waals surface area contributed by atoms with Gasteiger partial charge in [-0.05, 0) is 43.5 Å². The van der Waals surface area contributed by atoms with E-state index in [0.29, 0.717) is 5.95 Å². The van der Waals surface area contributed by atoms with Crippen LogP contribution in [0.2, 0.25) is 0 Å². The summed E-state index contributed by atoms with van der Waals surface area (Å²) in [6.45, 7) is 4.28. The van der Waals surface area contributed by atoms with E-state index < -0.39 is 0 Å². The van der Waals surface area contributed by atoms with E-state index in [9.17, 15) is 0 Å². The van der Waals surface area contributed by atoms with E-state index in [1.807, 2.05) is 12.1 Å². The molecule has 0 bridgehead atoms. The van der Waals surface area contributed by atoms with Crippen molar-refractivity contribution in [1.29, 1.82) is 0 Å². The molecule has 0 aliphatic rings. The van der Waals surface area contributed by atoms with Gasteiger partial charge in [0.05, 0.1) is 11.0 Å².